The first-order valence-corrected chi connectivity index (χ1v) is 8.71. The zero-order valence-corrected chi connectivity index (χ0v) is 14.7. The van der Waals surface area contributed by atoms with Gasteiger partial charge < -0.3 is 26.0 Å². The topological polar surface area (TPSA) is 123 Å². The fourth-order valence-corrected chi connectivity index (χ4v) is 3.26. The van der Waals surface area contributed by atoms with Gasteiger partial charge in [-0.15, -0.1) is 16.3 Å². The first kappa shape index (κ1) is 17.9. The van der Waals surface area contributed by atoms with Crippen molar-refractivity contribution < 1.29 is 13.9 Å². The lowest BCUT2D eigenvalue weighted by Gasteiger charge is -2.35. The Hall–Kier alpha value is -2.95. The molecule has 0 spiro atoms. The highest BCUT2D eigenvalue weighted by atomic mass is 32.1. The maximum atomic E-state index is 14.7. The summed E-state index contributed by atoms with van der Waals surface area (Å²) in [6.45, 7) is 2.38. The third kappa shape index (κ3) is 4.17. The van der Waals surface area contributed by atoms with Crippen LogP contribution in [0.2, 0.25) is 0 Å². The summed E-state index contributed by atoms with van der Waals surface area (Å²) in [6.07, 6.45) is 2.27. The van der Waals surface area contributed by atoms with Crippen molar-refractivity contribution in [1.29, 1.82) is 0 Å². The molecule has 1 amide bonds. The van der Waals surface area contributed by atoms with Crippen LogP contribution in [-0.4, -0.2) is 48.2 Å². The molecule has 1 aliphatic rings. The van der Waals surface area contributed by atoms with Gasteiger partial charge in [0.1, 0.15) is 6.61 Å². The van der Waals surface area contributed by atoms with E-state index in [4.69, 9.17) is 16.2 Å². The molecule has 1 saturated heterocycles. The number of pyridine rings is 1. The Morgan fingerprint density at radius 1 is 1.23 bits per heavy atom. The minimum atomic E-state index is -0.972. The lowest BCUT2D eigenvalue weighted by atomic mass is 10.2. The monoisotopic (exact) mass is 379 g/mol. The number of piperazine rings is 1. The lowest BCUT2D eigenvalue weighted by Crippen LogP contribution is -2.47. The molecule has 3 heterocycles. The highest BCUT2D eigenvalue weighted by molar-refractivity contribution is 7.13. The molecular weight excluding hydrogens is 361 g/mol. The van der Waals surface area contributed by atoms with Crippen molar-refractivity contribution in [2.45, 2.75) is 6.61 Å². The number of aromatic nitrogens is 2. The standard InChI is InChI=1S/C15H18FN7O2S/c16-11-10(9-25-15(24)21-13(17)18)1-2-19-12(11)22-4-6-23(7-5-22)14-20-3-8-26-14/h1-3,8H,4-7,9H2,(H4,17,18,21,24). The number of carbonyl (C=O) groups is 1. The first-order valence-electron chi connectivity index (χ1n) is 7.83. The van der Waals surface area contributed by atoms with Gasteiger partial charge in [-0.05, 0) is 6.07 Å². The van der Waals surface area contributed by atoms with Gasteiger partial charge in [0.2, 0.25) is 0 Å². The van der Waals surface area contributed by atoms with Gasteiger partial charge in [-0.3, -0.25) is 0 Å². The molecule has 0 aromatic carbocycles. The van der Waals surface area contributed by atoms with Gasteiger partial charge in [-0.2, -0.15) is 0 Å². The van der Waals surface area contributed by atoms with Crippen molar-refractivity contribution in [3.8, 4) is 0 Å². The van der Waals surface area contributed by atoms with Crippen LogP contribution in [0.4, 0.5) is 20.1 Å². The summed E-state index contributed by atoms with van der Waals surface area (Å²) in [4.78, 5) is 27.0. The van der Waals surface area contributed by atoms with E-state index in [1.54, 1.807) is 17.5 Å². The third-order valence-electron chi connectivity index (χ3n) is 3.79. The molecule has 2 aromatic rings. The Morgan fingerprint density at radius 2 is 1.96 bits per heavy atom. The molecule has 0 saturated carbocycles. The second-order valence-electron chi connectivity index (χ2n) is 5.49. The van der Waals surface area contributed by atoms with Crippen molar-refractivity contribution in [3.05, 3.63) is 35.2 Å². The number of carbonyl (C=O) groups excluding carboxylic acids is 1. The van der Waals surface area contributed by atoms with Crippen LogP contribution in [0.1, 0.15) is 5.56 Å². The Labute approximate surface area is 153 Å². The smallest absolute Gasteiger partial charge is 0.437 e. The fraction of sp³-hybridized carbons (Fsp3) is 0.333. The number of aliphatic imine (C=N–C) groups is 1. The molecule has 3 rings (SSSR count). The highest BCUT2D eigenvalue weighted by Gasteiger charge is 2.23. The van der Waals surface area contributed by atoms with E-state index in [0.29, 0.717) is 13.1 Å². The maximum absolute atomic E-state index is 14.7. The molecule has 9 nitrogen and oxygen atoms in total. The van der Waals surface area contributed by atoms with Crippen LogP contribution in [0.25, 0.3) is 0 Å². The van der Waals surface area contributed by atoms with Crippen molar-refractivity contribution in [2.75, 3.05) is 36.0 Å². The molecule has 0 bridgehead atoms. The molecule has 138 valence electrons. The van der Waals surface area contributed by atoms with Crippen LogP contribution < -0.4 is 21.3 Å². The minimum Gasteiger partial charge on any atom is -0.443 e. The number of guanidine groups is 1. The quantitative estimate of drug-likeness (QED) is 0.594. The van der Waals surface area contributed by atoms with Crippen LogP contribution in [-0.2, 0) is 11.3 Å². The summed E-state index contributed by atoms with van der Waals surface area (Å²) in [5.74, 6) is -0.698. The normalized spacial score (nSPS) is 14.2. The fourth-order valence-electron chi connectivity index (χ4n) is 2.56. The Morgan fingerprint density at radius 3 is 2.62 bits per heavy atom. The predicted octanol–water partition coefficient (Wildman–Crippen LogP) is 0.914. The number of ether oxygens (including phenoxy) is 1. The van der Waals surface area contributed by atoms with Gasteiger partial charge in [0.15, 0.2) is 22.7 Å². The van der Waals surface area contributed by atoms with Gasteiger partial charge in [0.05, 0.1) is 0 Å². The Bertz CT molecular complexity index is 787. The number of rotatable bonds is 4. The largest absolute Gasteiger partial charge is 0.443 e. The van der Waals surface area contributed by atoms with E-state index in [2.05, 4.69) is 19.9 Å². The van der Waals surface area contributed by atoms with Crippen LogP contribution in [0.5, 0.6) is 0 Å². The zero-order valence-electron chi connectivity index (χ0n) is 13.8. The summed E-state index contributed by atoms with van der Waals surface area (Å²) in [7, 11) is 0. The van der Waals surface area contributed by atoms with Gasteiger partial charge in [-0.1, -0.05) is 0 Å². The molecule has 0 unspecified atom stereocenters. The number of nitrogens with zero attached hydrogens (tertiary/aromatic N) is 5. The number of hydrogen-bond donors (Lipinski definition) is 2. The molecule has 1 fully saturated rings. The van der Waals surface area contributed by atoms with E-state index in [9.17, 15) is 9.18 Å². The van der Waals surface area contributed by atoms with Crippen molar-refractivity contribution in [3.63, 3.8) is 0 Å². The second kappa shape index (κ2) is 7.95. The average Bonchev–Trinajstić information content (AvgIpc) is 3.15. The molecule has 0 aliphatic carbocycles. The molecular formula is C15H18FN7O2S. The lowest BCUT2D eigenvalue weighted by molar-refractivity contribution is 0.149. The predicted molar refractivity (Wildman–Crippen MR) is 96.7 cm³/mol. The van der Waals surface area contributed by atoms with Crippen LogP contribution in [0.3, 0.4) is 0 Å². The maximum Gasteiger partial charge on any atom is 0.437 e. The van der Waals surface area contributed by atoms with E-state index in [1.807, 2.05) is 10.3 Å². The number of nitrogens with two attached hydrogens (primary N) is 2. The Balaban J connectivity index is 1.64. The molecule has 0 atom stereocenters. The molecule has 1 aliphatic heterocycles. The summed E-state index contributed by atoms with van der Waals surface area (Å²) in [6, 6.07) is 1.45. The molecule has 2 aromatic heterocycles. The number of hydrogen-bond acceptors (Lipinski definition) is 7. The van der Waals surface area contributed by atoms with Gasteiger partial charge in [-0.25, -0.2) is 19.2 Å². The van der Waals surface area contributed by atoms with Crippen LogP contribution in [0, 0.1) is 5.82 Å². The zero-order chi connectivity index (χ0) is 18.5. The summed E-state index contributed by atoms with van der Waals surface area (Å²) < 4.78 is 19.6. The van der Waals surface area contributed by atoms with E-state index >= 15 is 0 Å². The first-order chi connectivity index (χ1) is 12.5. The van der Waals surface area contributed by atoms with Gasteiger partial charge in [0.25, 0.3) is 0 Å². The molecule has 26 heavy (non-hydrogen) atoms. The summed E-state index contributed by atoms with van der Waals surface area (Å²) in [5, 5.41) is 2.88. The van der Waals surface area contributed by atoms with E-state index in [1.165, 1.54) is 12.3 Å². The molecule has 0 radical (unpaired) electrons. The number of anilines is 2. The summed E-state index contributed by atoms with van der Waals surface area (Å²) >= 11 is 1.58. The van der Waals surface area contributed by atoms with Crippen molar-refractivity contribution in [1.82, 2.24) is 9.97 Å². The number of amides is 1. The number of halogens is 1. The molecule has 11 heteroatoms. The van der Waals surface area contributed by atoms with Crippen molar-refractivity contribution >= 4 is 34.3 Å². The average molecular weight is 379 g/mol. The molecule has 4 N–H and O–H groups in total. The second-order valence-corrected chi connectivity index (χ2v) is 6.36. The van der Waals surface area contributed by atoms with Crippen LogP contribution in [0.15, 0.2) is 28.8 Å². The van der Waals surface area contributed by atoms with Crippen LogP contribution >= 0.6 is 11.3 Å². The highest BCUT2D eigenvalue weighted by Crippen LogP contribution is 2.24. The van der Waals surface area contributed by atoms with E-state index in [0.717, 1.165) is 18.2 Å². The number of thiazole rings is 1. The van der Waals surface area contributed by atoms with Gasteiger partial charge >= 0.3 is 6.09 Å². The third-order valence-corrected chi connectivity index (χ3v) is 4.62. The van der Waals surface area contributed by atoms with Crippen molar-refractivity contribution in [2.24, 2.45) is 16.5 Å². The van der Waals surface area contributed by atoms with Gasteiger partial charge in [0, 0.05) is 49.5 Å². The SMILES string of the molecule is NC(N)=NC(=O)OCc1ccnc(N2CCN(c3nccs3)CC2)c1F. The minimum absolute atomic E-state index is 0.205. The summed E-state index contributed by atoms with van der Waals surface area (Å²) in [5.41, 5.74) is 10.4. The van der Waals surface area contributed by atoms with E-state index < -0.39 is 17.9 Å². The Kier molecular flexibility index (Phi) is 5.46. The van der Waals surface area contributed by atoms with E-state index in [-0.39, 0.29) is 18.0 Å².